The summed E-state index contributed by atoms with van der Waals surface area (Å²) in [5.41, 5.74) is 12.5. The Morgan fingerprint density at radius 3 is 2.45 bits per heavy atom. The number of nitrogen functional groups attached to an aromatic ring is 1. The van der Waals surface area contributed by atoms with E-state index in [-0.39, 0.29) is 5.63 Å². The van der Waals surface area contributed by atoms with Gasteiger partial charge in [0.05, 0.1) is 0 Å². The summed E-state index contributed by atoms with van der Waals surface area (Å²) in [6.45, 7) is 5.76. The number of anilines is 1. The van der Waals surface area contributed by atoms with Crippen LogP contribution in [0.2, 0.25) is 0 Å². The van der Waals surface area contributed by atoms with E-state index in [1.54, 1.807) is 12.1 Å². The highest BCUT2D eigenvalue weighted by Gasteiger charge is 2.11. The third kappa shape index (κ3) is 5.21. The predicted molar refractivity (Wildman–Crippen MR) is 86.7 cm³/mol. The number of carboxylic acids is 1. The molecular formula is C16H22N2O4. The number of hydrogen-bond donors (Lipinski definition) is 3. The van der Waals surface area contributed by atoms with Crippen LogP contribution >= 0.6 is 0 Å². The lowest BCUT2D eigenvalue weighted by atomic mass is 10.1. The molecule has 1 aromatic carbocycles. The molecule has 0 bridgehead atoms. The highest BCUT2D eigenvalue weighted by Crippen LogP contribution is 2.18. The monoisotopic (exact) mass is 306 g/mol. The van der Waals surface area contributed by atoms with Crippen molar-refractivity contribution in [3.8, 4) is 0 Å². The number of rotatable bonds is 3. The Balaban J connectivity index is 0.000000239. The molecule has 0 saturated carbocycles. The molecule has 0 fully saturated rings. The third-order valence-corrected chi connectivity index (χ3v) is 3.02. The van der Waals surface area contributed by atoms with E-state index in [0.29, 0.717) is 23.6 Å². The molecule has 6 nitrogen and oxygen atoms in total. The zero-order chi connectivity index (χ0) is 16.9. The van der Waals surface area contributed by atoms with E-state index in [9.17, 15) is 9.59 Å². The molecule has 0 unspecified atom stereocenters. The summed E-state index contributed by atoms with van der Waals surface area (Å²) in [5, 5.41) is 9.23. The summed E-state index contributed by atoms with van der Waals surface area (Å²) in [7, 11) is 0. The molecule has 1 atom stereocenters. The molecular weight excluding hydrogens is 284 g/mol. The quantitative estimate of drug-likeness (QED) is 0.590. The smallest absolute Gasteiger partial charge is 0.336 e. The van der Waals surface area contributed by atoms with E-state index in [1.807, 2.05) is 26.8 Å². The van der Waals surface area contributed by atoms with Gasteiger partial charge in [0.15, 0.2) is 0 Å². The van der Waals surface area contributed by atoms with Crippen LogP contribution in [0.25, 0.3) is 11.0 Å². The first-order valence-electron chi connectivity index (χ1n) is 6.99. The van der Waals surface area contributed by atoms with E-state index < -0.39 is 12.0 Å². The Hall–Kier alpha value is -2.34. The average molecular weight is 306 g/mol. The summed E-state index contributed by atoms with van der Waals surface area (Å²) >= 11 is 0. The van der Waals surface area contributed by atoms with Crippen LogP contribution in [0.4, 0.5) is 5.69 Å². The highest BCUT2D eigenvalue weighted by atomic mass is 16.4. The van der Waals surface area contributed by atoms with E-state index >= 15 is 0 Å². The molecule has 6 heteroatoms. The van der Waals surface area contributed by atoms with Gasteiger partial charge in [-0.05, 0) is 37.0 Å². The molecule has 1 heterocycles. The lowest BCUT2D eigenvalue weighted by Crippen LogP contribution is -2.31. The van der Waals surface area contributed by atoms with E-state index in [2.05, 4.69) is 0 Å². The van der Waals surface area contributed by atoms with Gasteiger partial charge >= 0.3 is 11.6 Å². The molecule has 120 valence electrons. The normalized spacial score (nSPS) is 11.9. The minimum Gasteiger partial charge on any atom is -0.480 e. The Morgan fingerprint density at radius 2 is 1.95 bits per heavy atom. The van der Waals surface area contributed by atoms with Gasteiger partial charge in [-0.15, -0.1) is 0 Å². The maximum Gasteiger partial charge on any atom is 0.336 e. The molecule has 5 N–H and O–H groups in total. The first-order chi connectivity index (χ1) is 10.2. The summed E-state index contributed by atoms with van der Waals surface area (Å²) in [6.07, 6.45) is 0.551. The molecule has 0 saturated heterocycles. The van der Waals surface area contributed by atoms with Crippen LogP contribution in [-0.2, 0) is 4.79 Å². The first kappa shape index (κ1) is 17.7. The number of carbonyl (C=O) groups is 1. The van der Waals surface area contributed by atoms with Crippen LogP contribution in [0.1, 0.15) is 25.8 Å². The number of aryl methyl sites for hydroxylation is 1. The molecule has 2 aromatic rings. The number of aliphatic carboxylic acids is 1. The maximum atomic E-state index is 11.0. The summed E-state index contributed by atoms with van der Waals surface area (Å²) in [5.74, 6) is -0.556. The van der Waals surface area contributed by atoms with Crippen molar-refractivity contribution in [1.29, 1.82) is 0 Å². The van der Waals surface area contributed by atoms with Crippen LogP contribution in [0.3, 0.4) is 0 Å². The fourth-order valence-electron chi connectivity index (χ4n) is 1.95. The molecule has 0 aliphatic rings. The lowest BCUT2D eigenvalue weighted by molar-refractivity contribution is -0.138. The second kappa shape index (κ2) is 7.61. The van der Waals surface area contributed by atoms with Gasteiger partial charge in [0.25, 0.3) is 0 Å². The van der Waals surface area contributed by atoms with Crippen molar-refractivity contribution in [3.63, 3.8) is 0 Å². The Kier molecular flexibility index (Phi) is 6.12. The molecule has 0 amide bonds. The van der Waals surface area contributed by atoms with Crippen molar-refractivity contribution in [2.45, 2.75) is 33.2 Å². The van der Waals surface area contributed by atoms with Crippen molar-refractivity contribution in [3.05, 3.63) is 40.2 Å². The molecule has 22 heavy (non-hydrogen) atoms. The van der Waals surface area contributed by atoms with Crippen LogP contribution < -0.4 is 17.1 Å². The number of nitrogens with two attached hydrogens (primary N) is 2. The summed E-state index contributed by atoms with van der Waals surface area (Å²) in [6, 6.07) is 6.07. The van der Waals surface area contributed by atoms with Crippen molar-refractivity contribution in [1.82, 2.24) is 0 Å². The molecule has 0 aliphatic carbocycles. The summed E-state index contributed by atoms with van der Waals surface area (Å²) in [4.78, 5) is 21.1. The van der Waals surface area contributed by atoms with Crippen molar-refractivity contribution >= 4 is 22.6 Å². The van der Waals surface area contributed by atoms with Gasteiger partial charge in [-0.3, -0.25) is 4.79 Å². The van der Waals surface area contributed by atoms with Gasteiger partial charge in [0.1, 0.15) is 11.6 Å². The van der Waals surface area contributed by atoms with E-state index in [4.69, 9.17) is 21.0 Å². The Bertz CT molecular complexity index is 707. The van der Waals surface area contributed by atoms with Gasteiger partial charge in [-0.1, -0.05) is 13.8 Å². The van der Waals surface area contributed by atoms with Crippen molar-refractivity contribution < 1.29 is 14.3 Å². The maximum absolute atomic E-state index is 11.0. The van der Waals surface area contributed by atoms with Crippen molar-refractivity contribution in [2.24, 2.45) is 11.7 Å². The van der Waals surface area contributed by atoms with Crippen LogP contribution in [0.5, 0.6) is 0 Å². The summed E-state index contributed by atoms with van der Waals surface area (Å²) < 4.78 is 4.99. The van der Waals surface area contributed by atoms with E-state index in [0.717, 1.165) is 10.9 Å². The molecule has 0 aliphatic heterocycles. The van der Waals surface area contributed by atoms with Gasteiger partial charge in [-0.25, -0.2) is 4.79 Å². The third-order valence-electron chi connectivity index (χ3n) is 3.02. The fraction of sp³-hybridized carbons (Fsp3) is 0.375. The number of carboxylic acid groups (broad SMARTS) is 1. The number of benzene rings is 1. The van der Waals surface area contributed by atoms with E-state index in [1.165, 1.54) is 6.07 Å². The largest absolute Gasteiger partial charge is 0.480 e. The number of fused-ring (bicyclic) bond motifs is 1. The van der Waals surface area contributed by atoms with Gasteiger partial charge < -0.3 is 21.0 Å². The van der Waals surface area contributed by atoms with Crippen LogP contribution in [0.15, 0.2) is 33.5 Å². The van der Waals surface area contributed by atoms with Gasteiger partial charge in [0.2, 0.25) is 0 Å². The molecule has 0 spiro atoms. The second-order valence-electron chi connectivity index (χ2n) is 5.58. The topological polar surface area (TPSA) is 120 Å². The SMILES string of the molecule is CC(C)C[C@H](N)C(=O)O.Cc1cc(=O)oc2cc(N)ccc12. The molecule has 1 aromatic heterocycles. The van der Waals surface area contributed by atoms with Crippen LogP contribution in [0, 0.1) is 12.8 Å². The molecule has 2 rings (SSSR count). The van der Waals surface area contributed by atoms with Crippen LogP contribution in [-0.4, -0.2) is 17.1 Å². The fourth-order valence-corrected chi connectivity index (χ4v) is 1.95. The first-order valence-corrected chi connectivity index (χ1v) is 6.99. The minimum absolute atomic E-state index is 0.337. The zero-order valence-electron chi connectivity index (χ0n) is 13.0. The average Bonchev–Trinajstić information content (AvgIpc) is 2.37. The second-order valence-corrected chi connectivity index (χ2v) is 5.58. The zero-order valence-corrected chi connectivity index (χ0v) is 13.0. The van der Waals surface area contributed by atoms with Gasteiger partial charge in [0, 0.05) is 23.2 Å². The van der Waals surface area contributed by atoms with Crippen molar-refractivity contribution in [2.75, 3.05) is 5.73 Å². The standard InChI is InChI=1S/C10H9NO2.C6H13NO2/c1-6-4-10(12)13-9-5-7(11)2-3-8(6)9;1-4(2)3-5(7)6(8)9/h2-5H,11H2,1H3;4-5H,3,7H2,1-2H3,(H,8,9)/t;5-/m.0/s1. The molecule has 0 radical (unpaired) electrons. The Morgan fingerprint density at radius 1 is 1.32 bits per heavy atom. The predicted octanol–water partition coefficient (Wildman–Crippen LogP) is 2.13. The lowest BCUT2D eigenvalue weighted by Gasteiger charge is -2.07. The Labute approximate surface area is 128 Å². The van der Waals surface area contributed by atoms with Gasteiger partial charge in [-0.2, -0.15) is 0 Å². The number of hydrogen-bond acceptors (Lipinski definition) is 5. The minimum atomic E-state index is -0.913. The highest BCUT2D eigenvalue weighted by molar-refractivity contribution is 5.82.